The number of hydrogen-bond donors (Lipinski definition) is 1. The molecule has 0 radical (unpaired) electrons. The summed E-state index contributed by atoms with van der Waals surface area (Å²) in [5.74, 6) is 0. The molecule has 2 aromatic carbocycles. The number of benzene rings is 2. The van der Waals surface area contributed by atoms with Gasteiger partial charge in [0.25, 0.3) is 0 Å². The van der Waals surface area contributed by atoms with Crippen LogP contribution in [0.2, 0.25) is 0 Å². The zero-order valence-corrected chi connectivity index (χ0v) is 14.0. The Balaban J connectivity index is 1.82. The minimum Gasteiger partial charge on any atom is -0.444 e. The lowest BCUT2D eigenvalue weighted by Crippen LogP contribution is -2.49. The largest absolute Gasteiger partial charge is 0.444 e. The van der Waals surface area contributed by atoms with E-state index in [-0.39, 0.29) is 12.1 Å². The molecule has 23 heavy (non-hydrogen) atoms. The van der Waals surface area contributed by atoms with E-state index in [1.807, 2.05) is 26.8 Å². The van der Waals surface area contributed by atoms with Crippen molar-refractivity contribution in [3.63, 3.8) is 0 Å². The van der Waals surface area contributed by atoms with Crippen molar-refractivity contribution < 1.29 is 9.53 Å². The van der Waals surface area contributed by atoms with Crippen LogP contribution >= 0.6 is 0 Å². The van der Waals surface area contributed by atoms with Gasteiger partial charge in [-0.2, -0.15) is 0 Å². The molecule has 1 aliphatic rings. The molecule has 0 aliphatic carbocycles. The predicted molar refractivity (Wildman–Crippen MR) is 92.5 cm³/mol. The summed E-state index contributed by atoms with van der Waals surface area (Å²) in [5.41, 5.74) is 0.771. The molecule has 122 valence electrons. The second-order valence-corrected chi connectivity index (χ2v) is 7.00. The Morgan fingerprint density at radius 3 is 2.70 bits per heavy atom. The molecule has 0 unspecified atom stereocenters. The number of piperazine rings is 1. The fourth-order valence-corrected chi connectivity index (χ4v) is 3.00. The van der Waals surface area contributed by atoms with Crippen LogP contribution in [0.25, 0.3) is 10.8 Å². The fraction of sp³-hybridized carbons (Fsp3) is 0.421. The number of carbonyl (C=O) groups is 1. The maximum atomic E-state index is 12.3. The Hall–Kier alpha value is -2.07. The molecule has 1 amide bonds. The van der Waals surface area contributed by atoms with Crippen LogP contribution < -0.4 is 5.32 Å². The van der Waals surface area contributed by atoms with Gasteiger partial charge in [-0.25, -0.2) is 4.79 Å². The molecule has 1 atom stereocenters. The van der Waals surface area contributed by atoms with Crippen LogP contribution in [-0.4, -0.2) is 36.2 Å². The lowest BCUT2D eigenvalue weighted by molar-refractivity contribution is 0.0195. The fourth-order valence-electron chi connectivity index (χ4n) is 3.00. The van der Waals surface area contributed by atoms with Gasteiger partial charge < -0.3 is 15.0 Å². The van der Waals surface area contributed by atoms with Crippen molar-refractivity contribution in [3.8, 4) is 0 Å². The molecule has 0 bridgehead atoms. The van der Waals surface area contributed by atoms with Crippen molar-refractivity contribution in [1.29, 1.82) is 0 Å². The van der Waals surface area contributed by atoms with Crippen molar-refractivity contribution in [2.75, 3.05) is 19.6 Å². The quantitative estimate of drug-likeness (QED) is 0.872. The predicted octanol–water partition coefficient (Wildman–Crippen LogP) is 3.72. The van der Waals surface area contributed by atoms with Gasteiger partial charge >= 0.3 is 6.09 Å². The van der Waals surface area contributed by atoms with E-state index in [4.69, 9.17) is 4.74 Å². The summed E-state index contributed by atoms with van der Waals surface area (Å²) in [4.78, 5) is 14.1. The Morgan fingerprint density at radius 1 is 1.17 bits per heavy atom. The van der Waals surface area contributed by atoms with Crippen molar-refractivity contribution in [1.82, 2.24) is 10.2 Å². The molecule has 1 fully saturated rings. The van der Waals surface area contributed by atoms with Gasteiger partial charge in [0.2, 0.25) is 0 Å². The van der Waals surface area contributed by atoms with Crippen LogP contribution in [0.3, 0.4) is 0 Å². The minimum atomic E-state index is -0.461. The SMILES string of the molecule is CC(C)(C)OC(=O)N1CCN[C@@H](c2cccc3ccccc23)C1. The minimum absolute atomic E-state index is 0.127. The van der Waals surface area contributed by atoms with Crippen LogP contribution in [-0.2, 0) is 4.74 Å². The molecule has 0 spiro atoms. The number of fused-ring (bicyclic) bond motifs is 1. The highest BCUT2D eigenvalue weighted by molar-refractivity contribution is 5.86. The molecule has 1 saturated heterocycles. The molecule has 0 aromatic heterocycles. The summed E-state index contributed by atoms with van der Waals surface area (Å²) >= 11 is 0. The van der Waals surface area contributed by atoms with E-state index in [2.05, 4.69) is 41.7 Å². The Labute approximate surface area is 137 Å². The van der Waals surface area contributed by atoms with Gasteiger partial charge in [0.15, 0.2) is 0 Å². The lowest BCUT2D eigenvalue weighted by Gasteiger charge is -2.35. The molecule has 3 rings (SSSR count). The van der Waals surface area contributed by atoms with E-state index in [0.29, 0.717) is 13.1 Å². The standard InChI is InChI=1S/C19H24N2O2/c1-19(2,3)23-18(22)21-12-11-20-17(13-21)16-10-6-8-14-7-4-5-9-15(14)16/h4-10,17,20H,11-13H2,1-3H3/t17-/m1/s1. The molecule has 2 aromatic rings. The normalized spacial score (nSPS) is 18.9. The molecule has 0 saturated carbocycles. The summed E-state index contributed by atoms with van der Waals surface area (Å²) in [6.07, 6.45) is -0.232. The van der Waals surface area contributed by atoms with Crippen molar-refractivity contribution >= 4 is 16.9 Å². The molecular weight excluding hydrogens is 288 g/mol. The number of ether oxygens (including phenoxy) is 1. The van der Waals surface area contributed by atoms with Crippen LogP contribution in [0.4, 0.5) is 4.79 Å². The van der Waals surface area contributed by atoms with Gasteiger partial charge in [-0.1, -0.05) is 42.5 Å². The summed E-state index contributed by atoms with van der Waals surface area (Å²) in [7, 11) is 0. The summed E-state index contributed by atoms with van der Waals surface area (Å²) in [6.45, 7) is 7.77. The van der Waals surface area contributed by atoms with Crippen LogP contribution in [0.5, 0.6) is 0 Å². The molecule has 4 heteroatoms. The zero-order valence-electron chi connectivity index (χ0n) is 14.0. The van der Waals surface area contributed by atoms with Crippen molar-refractivity contribution in [2.24, 2.45) is 0 Å². The number of amides is 1. The monoisotopic (exact) mass is 312 g/mol. The smallest absolute Gasteiger partial charge is 0.410 e. The third-order valence-electron chi connectivity index (χ3n) is 4.03. The van der Waals surface area contributed by atoms with Crippen molar-refractivity contribution in [3.05, 3.63) is 48.0 Å². The zero-order chi connectivity index (χ0) is 16.4. The third kappa shape index (κ3) is 3.64. The van der Waals surface area contributed by atoms with Gasteiger partial charge in [0.1, 0.15) is 5.60 Å². The van der Waals surface area contributed by atoms with Crippen molar-refractivity contribution in [2.45, 2.75) is 32.4 Å². The Bertz CT molecular complexity index is 701. The van der Waals surface area contributed by atoms with E-state index < -0.39 is 5.60 Å². The molecular formula is C19H24N2O2. The number of nitrogens with zero attached hydrogens (tertiary/aromatic N) is 1. The second kappa shape index (κ2) is 6.20. The average Bonchev–Trinajstić information content (AvgIpc) is 2.53. The van der Waals surface area contributed by atoms with E-state index >= 15 is 0 Å². The molecule has 1 aliphatic heterocycles. The summed E-state index contributed by atoms with van der Waals surface area (Å²) in [6, 6.07) is 14.8. The lowest BCUT2D eigenvalue weighted by atomic mass is 9.97. The second-order valence-electron chi connectivity index (χ2n) is 7.00. The van der Waals surface area contributed by atoms with Gasteiger partial charge in [0, 0.05) is 19.6 Å². The first-order valence-electron chi connectivity index (χ1n) is 8.13. The van der Waals surface area contributed by atoms with E-state index in [1.165, 1.54) is 16.3 Å². The number of carbonyl (C=O) groups excluding carboxylic acids is 1. The molecule has 4 nitrogen and oxygen atoms in total. The number of rotatable bonds is 1. The highest BCUT2D eigenvalue weighted by atomic mass is 16.6. The number of hydrogen-bond acceptors (Lipinski definition) is 3. The maximum absolute atomic E-state index is 12.3. The topological polar surface area (TPSA) is 41.6 Å². The maximum Gasteiger partial charge on any atom is 0.410 e. The first-order chi connectivity index (χ1) is 10.9. The van der Waals surface area contributed by atoms with Crippen LogP contribution in [0.15, 0.2) is 42.5 Å². The number of nitrogens with one attached hydrogen (secondary N) is 1. The Morgan fingerprint density at radius 2 is 1.91 bits per heavy atom. The van der Waals surface area contributed by atoms with Gasteiger partial charge in [-0.05, 0) is 37.1 Å². The Kier molecular flexibility index (Phi) is 4.26. The highest BCUT2D eigenvalue weighted by Crippen LogP contribution is 2.26. The first kappa shape index (κ1) is 15.8. The van der Waals surface area contributed by atoms with Crippen LogP contribution in [0, 0.1) is 0 Å². The first-order valence-corrected chi connectivity index (χ1v) is 8.13. The van der Waals surface area contributed by atoms with Crippen LogP contribution in [0.1, 0.15) is 32.4 Å². The summed E-state index contributed by atoms with van der Waals surface area (Å²) < 4.78 is 5.51. The molecule has 1 heterocycles. The summed E-state index contributed by atoms with van der Waals surface area (Å²) in [5, 5.41) is 5.98. The van der Waals surface area contributed by atoms with Gasteiger partial charge in [-0.15, -0.1) is 0 Å². The third-order valence-corrected chi connectivity index (χ3v) is 4.03. The van der Waals surface area contributed by atoms with E-state index in [0.717, 1.165) is 6.54 Å². The van der Waals surface area contributed by atoms with Gasteiger partial charge in [-0.3, -0.25) is 0 Å². The average molecular weight is 312 g/mol. The van der Waals surface area contributed by atoms with Gasteiger partial charge in [0.05, 0.1) is 6.04 Å². The molecule has 1 N–H and O–H groups in total. The van der Waals surface area contributed by atoms with E-state index in [9.17, 15) is 4.79 Å². The van der Waals surface area contributed by atoms with E-state index in [1.54, 1.807) is 4.90 Å². The highest BCUT2D eigenvalue weighted by Gasteiger charge is 2.28.